The molecule has 4 heteroatoms. The molecular formula is C15H18FN3. The van der Waals surface area contributed by atoms with Crippen molar-refractivity contribution < 1.29 is 4.39 Å². The lowest BCUT2D eigenvalue weighted by molar-refractivity contribution is 0.529. The highest BCUT2D eigenvalue weighted by Gasteiger charge is 2.15. The van der Waals surface area contributed by atoms with Crippen LogP contribution in [0.2, 0.25) is 0 Å². The summed E-state index contributed by atoms with van der Waals surface area (Å²) < 4.78 is 14.1. The third-order valence-electron chi connectivity index (χ3n) is 3.23. The number of nitrogens with one attached hydrogen (secondary N) is 1. The molecule has 100 valence electrons. The molecule has 1 aromatic carbocycles. The summed E-state index contributed by atoms with van der Waals surface area (Å²) in [5.41, 5.74) is 8.04. The second-order valence-electron chi connectivity index (χ2n) is 4.61. The van der Waals surface area contributed by atoms with Gasteiger partial charge in [0.2, 0.25) is 0 Å². The lowest BCUT2D eigenvalue weighted by atomic mass is 9.97. The third kappa shape index (κ3) is 3.09. The van der Waals surface area contributed by atoms with Crippen molar-refractivity contribution in [3.63, 3.8) is 0 Å². The van der Waals surface area contributed by atoms with Gasteiger partial charge < -0.3 is 11.1 Å². The number of nitrogens with zero attached hydrogens (tertiary/aromatic N) is 1. The Morgan fingerprint density at radius 3 is 2.84 bits per heavy atom. The van der Waals surface area contributed by atoms with Crippen LogP contribution in [0.1, 0.15) is 22.7 Å². The second-order valence-corrected chi connectivity index (χ2v) is 4.61. The number of likely N-dealkylation sites (N-methyl/N-ethyl adjacent to an activating group) is 1. The number of nitrogens with two attached hydrogens (primary N) is 1. The quantitative estimate of drug-likeness (QED) is 0.887. The van der Waals surface area contributed by atoms with Crippen molar-refractivity contribution in [3.05, 3.63) is 59.0 Å². The lowest BCUT2D eigenvalue weighted by Crippen LogP contribution is -2.20. The van der Waals surface area contributed by atoms with Gasteiger partial charge in [0, 0.05) is 17.8 Å². The predicted octanol–water partition coefficient (Wildman–Crippen LogP) is 2.61. The Hall–Kier alpha value is -1.94. The fourth-order valence-electron chi connectivity index (χ4n) is 2.16. The molecule has 2 rings (SSSR count). The van der Waals surface area contributed by atoms with Crippen molar-refractivity contribution in [2.24, 2.45) is 0 Å². The number of hydrogen-bond donors (Lipinski definition) is 2. The molecule has 0 bridgehead atoms. The highest BCUT2D eigenvalue weighted by Crippen LogP contribution is 2.23. The Morgan fingerprint density at radius 1 is 1.37 bits per heavy atom. The number of aryl methyl sites for hydroxylation is 1. The summed E-state index contributed by atoms with van der Waals surface area (Å²) in [6.45, 7) is 1.77. The molecule has 0 fully saturated rings. The number of nitrogen functional groups attached to an aromatic ring is 1. The highest BCUT2D eigenvalue weighted by molar-refractivity contribution is 5.34. The number of benzene rings is 1. The first-order chi connectivity index (χ1) is 9.11. The molecule has 1 atom stereocenters. The molecule has 0 saturated heterocycles. The first-order valence-corrected chi connectivity index (χ1v) is 6.24. The van der Waals surface area contributed by atoms with Gasteiger partial charge in [0.15, 0.2) is 0 Å². The highest BCUT2D eigenvalue weighted by atomic mass is 19.1. The van der Waals surface area contributed by atoms with E-state index in [1.165, 1.54) is 0 Å². The van der Waals surface area contributed by atoms with Crippen molar-refractivity contribution in [3.8, 4) is 0 Å². The van der Waals surface area contributed by atoms with E-state index in [-0.39, 0.29) is 11.9 Å². The molecule has 0 spiro atoms. The summed E-state index contributed by atoms with van der Waals surface area (Å²) in [7, 11) is 1.83. The minimum Gasteiger partial charge on any atom is -0.384 e. The second kappa shape index (κ2) is 5.80. The van der Waals surface area contributed by atoms with Gasteiger partial charge in [0.25, 0.3) is 0 Å². The van der Waals surface area contributed by atoms with Gasteiger partial charge in [0.05, 0.1) is 0 Å². The fraction of sp³-hybridized carbons (Fsp3) is 0.267. The van der Waals surface area contributed by atoms with Crippen molar-refractivity contribution >= 4 is 5.82 Å². The van der Waals surface area contributed by atoms with Crippen molar-refractivity contribution in [2.75, 3.05) is 12.8 Å². The smallest absolute Gasteiger partial charge is 0.130 e. The van der Waals surface area contributed by atoms with E-state index in [4.69, 9.17) is 5.73 Å². The molecule has 0 aliphatic carbocycles. The molecule has 0 radical (unpaired) electrons. The minimum absolute atomic E-state index is 0.0818. The molecule has 19 heavy (non-hydrogen) atoms. The SMILES string of the molecule is CNC(Cc1ccnc(N)c1)c1cccc(C)c1F. The molecule has 3 N–H and O–H groups in total. The van der Waals surface area contributed by atoms with Crippen LogP contribution >= 0.6 is 0 Å². The molecule has 0 aliphatic rings. The van der Waals surface area contributed by atoms with Crippen LogP contribution in [0.25, 0.3) is 0 Å². The first kappa shape index (κ1) is 13.5. The maximum atomic E-state index is 14.1. The number of halogens is 1. The summed E-state index contributed by atoms with van der Waals surface area (Å²) in [5.74, 6) is 0.334. The zero-order chi connectivity index (χ0) is 13.8. The Balaban J connectivity index is 2.28. The van der Waals surface area contributed by atoms with Gasteiger partial charge in [-0.15, -0.1) is 0 Å². The van der Waals surface area contributed by atoms with Crippen LogP contribution in [0.4, 0.5) is 10.2 Å². The summed E-state index contributed by atoms with van der Waals surface area (Å²) in [5, 5.41) is 3.15. The standard InChI is InChI=1S/C15H18FN3/c1-10-4-3-5-12(15(10)16)13(18-2)8-11-6-7-19-14(17)9-11/h3-7,9,13,18H,8H2,1-2H3,(H2,17,19). The maximum Gasteiger partial charge on any atom is 0.130 e. The van der Waals surface area contributed by atoms with Crippen molar-refractivity contribution in [1.82, 2.24) is 10.3 Å². The fourth-order valence-corrected chi connectivity index (χ4v) is 2.16. The van der Waals surface area contributed by atoms with E-state index in [1.807, 2.05) is 31.3 Å². The Labute approximate surface area is 112 Å². The molecule has 0 amide bonds. The lowest BCUT2D eigenvalue weighted by Gasteiger charge is -2.18. The van der Waals surface area contributed by atoms with E-state index in [0.29, 0.717) is 23.4 Å². The van der Waals surface area contributed by atoms with Crippen LogP contribution in [-0.4, -0.2) is 12.0 Å². The molecule has 3 nitrogen and oxygen atoms in total. The van der Waals surface area contributed by atoms with E-state index in [1.54, 1.807) is 19.2 Å². The largest absolute Gasteiger partial charge is 0.384 e. The number of anilines is 1. The zero-order valence-corrected chi connectivity index (χ0v) is 11.2. The summed E-state index contributed by atoms with van der Waals surface area (Å²) in [6, 6.07) is 9.09. The molecule has 0 saturated carbocycles. The maximum absolute atomic E-state index is 14.1. The normalized spacial score (nSPS) is 12.4. The zero-order valence-electron chi connectivity index (χ0n) is 11.2. The van der Waals surface area contributed by atoms with Gasteiger partial charge in [-0.05, 0) is 43.7 Å². The molecule has 2 aromatic rings. The van der Waals surface area contributed by atoms with Gasteiger partial charge in [0.1, 0.15) is 11.6 Å². The number of aromatic nitrogens is 1. The van der Waals surface area contributed by atoms with E-state index < -0.39 is 0 Å². The molecule has 1 heterocycles. The van der Waals surface area contributed by atoms with Gasteiger partial charge in [-0.2, -0.15) is 0 Å². The number of pyridine rings is 1. The first-order valence-electron chi connectivity index (χ1n) is 6.24. The Morgan fingerprint density at radius 2 is 2.16 bits per heavy atom. The van der Waals surface area contributed by atoms with Crippen LogP contribution in [0.3, 0.4) is 0 Å². The van der Waals surface area contributed by atoms with Crippen LogP contribution in [0.15, 0.2) is 36.5 Å². The van der Waals surface area contributed by atoms with Crippen LogP contribution in [-0.2, 0) is 6.42 Å². The Bertz CT molecular complexity index is 569. The predicted molar refractivity (Wildman–Crippen MR) is 75.3 cm³/mol. The van der Waals surface area contributed by atoms with Gasteiger partial charge >= 0.3 is 0 Å². The monoisotopic (exact) mass is 259 g/mol. The third-order valence-corrected chi connectivity index (χ3v) is 3.23. The number of rotatable bonds is 4. The van der Waals surface area contributed by atoms with E-state index in [9.17, 15) is 4.39 Å². The van der Waals surface area contributed by atoms with Crippen LogP contribution < -0.4 is 11.1 Å². The molecular weight excluding hydrogens is 241 g/mol. The van der Waals surface area contributed by atoms with E-state index in [2.05, 4.69) is 10.3 Å². The summed E-state index contributed by atoms with van der Waals surface area (Å²) in [6.07, 6.45) is 2.34. The Kier molecular flexibility index (Phi) is 4.12. The summed E-state index contributed by atoms with van der Waals surface area (Å²) >= 11 is 0. The average Bonchev–Trinajstić information content (AvgIpc) is 2.40. The van der Waals surface area contributed by atoms with Gasteiger partial charge in [-0.25, -0.2) is 9.37 Å². The van der Waals surface area contributed by atoms with Crippen LogP contribution in [0.5, 0.6) is 0 Å². The van der Waals surface area contributed by atoms with E-state index in [0.717, 1.165) is 5.56 Å². The van der Waals surface area contributed by atoms with E-state index >= 15 is 0 Å². The molecule has 0 aliphatic heterocycles. The topological polar surface area (TPSA) is 50.9 Å². The summed E-state index contributed by atoms with van der Waals surface area (Å²) in [4.78, 5) is 3.96. The van der Waals surface area contributed by atoms with Crippen molar-refractivity contribution in [2.45, 2.75) is 19.4 Å². The molecule has 1 unspecified atom stereocenters. The number of hydrogen-bond acceptors (Lipinski definition) is 3. The average molecular weight is 259 g/mol. The molecule has 1 aromatic heterocycles. The van der Waals surface area contributed by atoms with Gasteiger partial charge in [-0.3, -0.25) is 0 Å². The minimum atomic E-state index is -0.149. The van der Waals surface area contributed by atoms with Crippen LogP contribution in [0, 0.1) is 12.7 Å². The van der Waals surface area contributed by atoms with Gasteiger partial charge in [-0.1, -0.05) is 18.2 Å². The van der Waals surface area contributed by atoms with Crippen molar-refractivity contribution in [1.29, 1.82) is 0 Å².